The van der Waals surface area contributed by atoms with Gasteiger partial charge in [0.15, 0.2) is 0 Å². The standard InChI is InChI=1S/C13H11ClINS/c14-13-7-8-10(5-6-12(8)17-13)16-11-4-2-1-3-9(11)15/h1-4,7,10,16H,5-6H2. The molecular formula is C13H11ClINS. The number of rotatable bonds is 2. The molecule has 1 aromatic carbocycles. The van der Waals surface area contributed by atoms with E-state index in [1.807, 2.05) is 0 Å². The quantitative estimate of drug-likeness (QED) is 0.720. The lowest BCUT2D eigenvalue weighted by atomic mass is 10.1. The Labute approximate surface area is 123 Å². The van der Waals surface area contributed by atoms with E-state index in [0.29, 0.717) is 6.04 Å². The Bertz CT molecular complexity index is 552. The average molecular weight is 376 g/mol. The van der Waals surface area contributed by atoms with Gasteiger partial charge in [-0.05, 0) is 59.2 Å². The number of benzene rings is 1. The summed E-state index contributed by atoms with van der Waals surface area (Å²) in [6.07, 6.45) is 2.32. The van der Waals surface area contributed by atoms with Crippen LogP contribution in [-0.4, -0.2) is 0 Å². The Morgan fingerprint density at radius 2 is 2.18 bits per heavy atom. The van der Waals surface area contributed by atoms with Crippen molar-refractivity contribution in [1.29, 1.82) is 0 Å². The molecule has 0 fully saturated rings. The zero-order chi connectivity index (χ0) is 11.8. The van der Waals surface area contributed by atoms with Crippen molar-refractivity contribution in [2.24, 2.45) is 0 Å². The molecule has 1 unspecified atom stereocenters. The second kappa shape index (κ2) is 4.78. The Morgan fingerprint density at radius 3 is 3.00 bits per heavy atom. The lowest BCUT2D eigenvalue weighted by Gasteiger charge is -2.15. The summed E-state index contributed by atoms with van der Waals surface area (Å²) in [5.74, 6) is 0. The minimum absolute atomic E-state index is 0.421. The molecular weight excluding hydrogens is 365 g/mol. The van der Waals surface area contributed by atoms with E-state index in [2.05, 4.69) is 58.2 Å². The largest absolute Gasteiger partial charge is 0.377 e. The topological polar surface area (TPSA) is 12.0 Å². The molecule has 1 aliphatic carbocycles. The maximum atomic E-state index is 6.07. The molecule has 0 spiro atoms. The van der Waals surface area contributed by atoms with E-state index in [9.17, 15) is 0 Å². The van der Waals surface area contributed by atoms with E-state index in [1.54, 1.807) is 11.3 Å². The molecule has 1 aromatic heterocycles. The highest BCUT2D eigenvalue weighted by Crippen LogP contribution is 2.41. The van der Waals surface area contributed by atoms with E-state index >= 15 is 0 Å². The number of aryl methyl sites for hydroxylation is 1. The number of nitrogens with one attached hydrogen (secondary N) is 1. The second-order valence-electron chi connectivity index (χ2n) is 4.14. The van der Waals surface area contributed by atoms with E-state index in [-0.39, 0.29) is 0 Å². The minimum Gasteiger partial charge on any atom is -0.377 e. The number of halogens is 2. The molecule has 1 nitrogen and oxygen atoms in total. The maximum Gasteiger partial charge on any atom is 0.0934 e. The van der Waals surface area contributed by atoms with E-state index in [0.717, 1.165) is 10.8 Å². The summed E-state index contributed by atoms with van der Waals surface area (Å²) in [5, 5.41) is 3.62. The molecule has 1 aliphatic rings. The molecule has 3 rings (SSSR count). The molecule has 2 aromatic rings. The van der Waals surface area contributed by atoms with Crippen LogP contribution in [0.25, 0.3) is 0 Å². The van der Waals surface area contributed by atoms with Gasteiger partial charge in [-0.2, -0.15) is 0 Å². The first kappa shape index (κ1) is 11.8. The van der Waals surface area contributed by atoms with Crippen LogP contribution in [0.2, 0.25) is 4.34 Å². The zero-order valence-corrected chi connectivity index (χ0v) is 12.8. The third kappa shape index (κ3) is 2.33. The van der Waals surface area contributed by atoms with Gasteiger partial charge in [0.1, 0.15) is 0 Å². The average Bonchev–Trinajstić information content (AvgIpc) is 2.82. The molecule has 0 amide bonds. The molecule has 1 atom stereocenters. The highest BCUT2D eigenvalue weighted by atomic mass is 127. The van der Waals surface area contributed by atoms with Crippen molar-refractivity contribution in [3.05, 3.63) is 48.7 Å². The lowest BCUT2D eigenvalue weighted by Crippen LogP contribution is -2.07. The van der Waals surface area contributed by atoms with Crippen molar-refractivity contribution >= 4 is 51.2 Å². The summed E-state index contributed by atoms with van der Waals surface area (Å²) in [6, 6.07) is 10.9. The van der Waals surface area contributed by atoms with Gasteiger partial charge in [-0.25, -0.2) is 0 Å². The molecule has 0 radical (unpaired) electrons. The molecule has 0 saturated heterocycles. The molecule has 88 valence electrons. The number of anilines is 1. The first-order valence-corrected chi connectivity index (χ1v) is 7.80. The van der Waals surface area contributed by atoms with Crippen molar-refractivity contribution < 1.29 is 0 Å². The van der Waals surface area contributed by atoms with Crippen LogP contribution < -0.4 is 5.32 Å². The first-order chi connectivity index (χ1) is 8.24. The predicted molar refractivity (Wildman–Crippen MR) is 83.2 cm³/mol. The van der Waals surface area contributed by atoms with Crippen LogP contribution in [0, 0.1) is 3.57 Å². The molecule has 4 heteroatoms. The fourth-order valence-corrected chi connectivity index (χ4v) is 4.15. The smallest absolute Gasteiger partial charge is 0.0934 e. The highest BCUT2D eigenvalue weighted by Gasteiger charge is 2.25. The van der Waals surface area contributed by atoms with Crippen molar-refractivity contribution in [2.45, 2.75) is 18.9 Å². The van der Waals surface area contributed by atoms with Crippen molar-refractivity contribution in [1.82, 2.24) is 0 Å². The van der Waals surface area contributed by atoms with Gasteiger partial charge in [0.25, 0.3) is 0 Å². The van der Waals surface area contributed by atoms with Gasteiger partial charge in [0.2, 0.25) is 0 Å². The number of hydrogen-bond acceptors (Lipinski definition) is 2. The summed E-state index contributed by atoms with van der Waals surface area (Å²) < 4.78 is 2.17. The van der Waals surface area contributed by atoms with Crippen LogP contribution >= 0.6 is 45.5 Å². The summed E-state index contributed by atoms with van der Waals surface area (Å²) >= 11 is 10.2. The normalized spacial score (nSPS) is 18.1. The van der Waals surface area contributed by atoms with Crippen LogP contribution in [0.1, 0.15) is 22.9 Å². The summed E-state index contributed by atoms with van der Waals surface area (Å²) in [6.45, 7) is 0. The number of para-hydroxylation sites is 1. The molecule has 0 saturated carbocycles. The molecule has 1 heterocycles. The molecule has 1 N–H and O–H groups in total. The van der Waals surface area contributed by atoms with Crippen LogP contribution in [0.4, 0.5) is 5.69 Å². The van der Waals surface area contributed by atoms with Crippen LogP contribution in [0.5, 0.6) is 0 Å². The Kier molecular flexibility index (Phi) is 3.32. The fraction of sp³-hybridized carbons (Fsp3) is 0.231. The molecule has 0 aliphatic heterocycles. The molecule has 17 heavy (non-hydrogen) atoms. The van der Waals surface area contributed by atoms with Crippen molar-refractivity contribution in [3.63, 3.8) is 0 Å². The number of hydrogen-bond donors (Lipinski definition) is 1. The first-order valence-electron chi connectivity index (χ1n) is 5.53. The highest BCUT2D eigenvalue weighted by molar-refractivity contribution is 14.1. The van der Waals surface area contributed by atoms with Gasteiger partial charge in [0, 0.05) is 14.1 Å². The monoisotopic (exact) mass is 375 g/mol. The van der Waals surface area contributed by atoms with Crippen molar-refractivity contribution in [3.8, 4) is 0 Å². The summed E-state index contributed by atoms with van der Waals surface area (Å²) in [4.78, 5) is 1.44. The number of thiophene rings is 1. The van der Waals surface area contributed by atoms with Crippen LogP contribution in [-0.2, 0) is 6.42 Å². The Morgan fingerprint density at radius 1 is 1.35 bits per heavy atom. The van der Waals surface area contributed by atoms with Gasteiger partial charge in [-0.1, -0.05) is 23.7 Å². The van der Waals surface area contributed by atoms with Gasteiger partial charge in [-0.3, -0.25) is 0 Å². The van der Waals surface area contributed by atoms with Gasteiger partial charge < -0.3 is 5.32 Å². The minimum atomic E-state index is 0.421. The third-order valence-corrected chi connectivity index (χ3v) is 5.33. The summed E-state index contributed by atoms with van der Waals surface area (Å²) in [7, 11) is 0. The SMILES string of the molecule is Clc1cc2c(s1)CCC2Nc1ccccc1I. The molecule has 0 bridgehead atoms. The lowest BCUT2D eigenvalue weighted by molar-refractivity contribution is 0.761. The van der Waals surface area contributed by atoms with Gasteiger partial charge >= 0.3 is 0 Å². The Hall–Kier alpha value is -0.260. The number of fused-ring (bicyclic) bond motifs is 1. The van der Waals surface area contributed by atoms with Crippen LogP contribution in [0.15, 0.2) is 30.3 Å². The van der Waals surface area contributed by atoms with E-state index in [4.69, 9.17) is 11.6 Å². The van der Waals surface area contributed by atoms with Crippen molar-refractivity contribution in [2.75, 3.05) is 5.32 Å². The van der Waals surface area contributed by atoms with E-state index in [1.165, 1.54) is 26.1 Å². The predicted octanol–water partition coefficient (Wildman–Crippen LogP) is 5.11. The van der Waals surface area contributed by atoms with Gasteiger partial charge in [-0.15, -0.1) is 11.3 Å². The second-order valence-corrected chi connectivity index (χ2v) is 7.07. The van der Waals surface area contributed by atoms with Gasteiger partial charge in [0.05, 0.1) is 10.4 Å². The zero-order valence-electron chi connectivity index (χ0n) is 9.04. The fourth-order valence-electron chi connectivity index (χ4n) is 2.25. The van der Waals surface area contributed by atoms with Crippen LogP contribution in [0.3, 0.4) is 0 Å². The third-order valence-electron chi connectivity index (χ3n) is 3.05. The van der Waals surface area contributed by atoms with E-state index < -0.39 is 0 Å². The Balaban J connectivity index is 1.86. The maximum absolute atomic E-state index is 6.07. The summed E-state index contributed by atoms with van der Waals surface area (Å²) in [5.41, 5.74) is 2.60.